The molecule has 3 aromatic carbocycles. The second-order valence-electron chi connectivity index (χ2n) is 5.96. The van der Waals surface area contributed by atoms with E-state index in [2.05, 4.69) is 17.4 Å². The van der Waals surface area contributed by atoms with Gasteiger partial charge in [0, 0.05) is 23.4 Å². The molecule has 0 unspecified atom stereocenters. The standard InChI is InChI=1S/C20H14N2O3/c23-20(13-5-8-17(9-6-13)22(24)25)21-16-7-10-19-15(12-16)11-14-3-1-2-4-18(14)19/h1-10,12H,11H2,(H,21,23). The number of nitrogens with one attached hydrogen (secondary N) is 1. The summed E-state index contributed by atoms with van der Waals surface area (Å²) in [5.41, 5.74) is 5.98. The molecule has 0 heterocycles. The number of fused-ring (bicyclic) bond motifs is 3. The molecular formula is C20H14N2O3. The molecule has 4 rings (SSSR count). The summed E-state index contributed by atoms with van der Waals surface area (Å²) in [4.78, 5) is 22.5. The zero-order valence-electron chi connectivity index (χ0n) is 13.2. The average Bonchev–Trinajstić information content (AvgIpc) is 2.99. The Bertz CT molecular complexity index is 994. The van der Waals surface area contributed by atoms with Gasteiger partial charge in [-0.1, -0.05) is 30.3 Å². The first-order valence-corrected chi connectivity index (χ1v) is 7.89. The van der Waals surface area contributed by atoms with Crippen molar-refractivity contribution in [2.75, 3.05) is 5.32 Å². The molecule has 0 radical (unpaired) electrons. The number of benzene rings is 3. The Labute approximate surface area is 144 Å². The molecule has 1 N–H and O–H groups in total. The van der Waals surface area contributed by atoms with E-state index in [1.54, 1.807) is 0 Å². The van der Waals surface area contributed by atoms with Crippen molar-refractivity contribution in [2.24, 2.45) is 0 Å². The maximum atomic E-state index is 12.3. The largest absolute Gasteiger partial charge is 0.322 e. The van der Waals surface area contributed by atoms with Gasteiger partial charge in [-0.25, -0.2) is 0 Å². The Hall–Kier alpha value is -3.47. The van der Waals surface area contributed by atoms with Gasteiger partial charge in [0.15, 0.2) is 0 Å². The third-order valence-corrected chi connectivity index (χ3v) is 4.39. The van der Waals surface area contributed by atoms with Crippen LogP contribution in [0.3, 0.4) is 0 Å². The minimum Gasteiger partial charge on any atom is -0.322 e. The van der Waals surface area contributed by atoms with E-state index >= 15 is 0 Å². The lowest BCUT2D eigenvalue weighted by Gasteiger charge is -2.08. The molecule has 1 amide bonds. The van der Waals surface area contributed by atoms with E-state index in [1.807, 2.05) is 30.3 Å². The summed E-state index contributed by atoms with van der Waals surface area (Å²) < 4.78 is 0. The van der Waals surface area contributed by atoms with Crippen molar-refractivity contribution in [1.29, 1.82) is 0 Å². The van der Waals surface area contributed by atoms with Crippen LogP contribution >= 0.6 is 0 Å². The number of carbonyl (C=O) groups is 1. The smallest absolute Gasteiger partial charge is 0.269 e. The normalized spacial score (nSPS) is 11.5. The highest BCUT2D eigenvalue weighted by atomic mass is 16.6. The number of anilines is 1. The predicted molar refractivity (Wildman–Crippen MR) is 95.7 cm³/mol. The van der Waals surface area contributed by atoms with E-state index in [4.69, 9.17) is 0 Å². The maximum absolute atomic E-state index is 12.3. The zero-order valence-corrected chi connectivity index (χ0v) is 13.2. The number of non-ortho nitro benzene ring substituents is 1. The lowest BCUT2D eigenvalue weighted by atomic mass is 10.1. The summed E-state index contributed by atoms with van der Waals surface area (Å²) in [7, 11) is 0. The number of amides is 1. The fourth-order valence-corrected chi connectivity index (χ4v) is 3.16. The van der Waals surface area contributed by atoms with Crippen molar-refractivity contribution < 1.29 is 9.72 Å². The van der Waals surface area contributed by atoms with Crippen molar-refractivity contribution in [1.82, 2.24) is 0 Å². The van der Waals surface area contributed by atoms with Gasteiger partial charge in [-0.05, 0) is 52.9 Å². The van der Waals surface area contributed by atoms with E-state index in [-0.39, 0.29) is 11.6 Å². The van der Waals surface area contributed by atoms with Crippen molar-refractivity contribution in [2.45, 2.75) is 6.42 Å². The number of hydrogen-bond donors (Lipinski definition) is 1. The van der Waals surface area contributed by atoms with E-state index < -0.39 is 4.92 Å². The summed E-state index contributed by atoms with van der Waals surface area (Å²) in [5.74, 6) is -0.287. The van der Waals surface area contributed by atoms with Gasteiger partial charge in [0.1, 0.15) is 0 Å². The summed E-state index contributed by atoms with van der Waals surface area (Å²) in [6, 6.07) is 19.7. The number of nitro groups is 1. The van der Waals surface area contributed by atoms with Crippen LogP contribution in [-0.4, -0.2) is 10.8 Å². The van der Waals surface area contributed by atoms with Crippen LogP contribution in [0.4, 0.5) is 11.4 Å². The van der Waals surface area contributed by atoms with Crippen LogP contribution in [0, 0.1) is 10.1 Å². The number of nitrogens with zero attached hydrogens (tertiary/aromatic N) is 1. The Morgan fingerprint density at radius 3 is 2.40 bits per heavy atom. The van der Waals surface area contributed by atoms with Crippen LogP contribution in [0.5, 0.6) is 0 Å². The highest BCUT2D eigenvalue weighted by Gasteiger charge is 2.18. The topological polar surface area (TPSA) is 72.2 Å². The van der Waals surface area contributed by atoms with E-state index in [0.717, 1.165) is 12.1 Å². The summed E-state index contributed by atoms with van der Waals surface area (Å²) in [5, 5.41) is 13.5. The summed E-state index contributed by atoms with van der Waals surface area (Å²) in [6.45, 7) is 0. The molecule has 122 valence electrons. The Balaban J connectivity index is 1.55. The van der Waals surface area contributed by atoms with Gasteiger partial charge >= 0.3 is 0 Å². The van der Waals surface area contributed by atoms with Gasteiger partial charge in [-0.2, -0.15) is 0 Å². The van der Waals surface area contributed by atoms with Crippen molar-refractivity contribution in [3.8, 4) is 11.1 Å². The van der Waals surface area contributed by atoms with E-state index in [9.17, 15) is 14.9 Å². The Morgan fingerprint density at radius 1 is 0.920 bits per heavy atom. The number of hydrogen-bond acceptors (Lipinski definition) is 3. The average molecular weight is 330 g/mol. The SMILES string of the molecule is O=C(Nc1ccc2c(c1)Cc1ccccc1-2)c1ccc([N+](=O)[O-])cc1. The molecule has 0 atom stereocenters. The number of rotatable bonds is 3. The molecule has 25 heavy (non-hydrogen) atoms. The molecule has 1 aliphatic rings. The van der Waals surface area contributed by atoms with Crippen molar-refractivity contribution >= 4 is 17.3 Å². The first-order valence-electron chi connectivity index (χ1n) is 7.89. The molecule has 0 aromatic heterocycles. The fourth-order valence-electron chi connectivity index (χ4n) is 3.16. The lowest BCUT2D eigenvalue weighted by molar-refractivity contribution is -0.384. The monoisotopic (exact) mass is 330 g/mol. The molecule has 0 aliphatic heterocycles. The molecule has 0 spiro atoms. The van der Waals surface area contributed by atoms with Crippen LogP contribution in [0.1, 0.15) is 21.5 Å². The van der Waals surface area contributed by atoms with Gasteiger partial charge in [-0.3, -0.25) is 14.9 Å². The molecule has 1 aliphatic carbocycles. The van der Waals surface area contributed by atoms with Gasteiger partial charge in [0.2, 0.25) is 0 Å². The Morgan fingerprint density at radius 2 is 1.64 bits per heavy atom. The second kappa shape index (κ2) is 5.87. The quantitative estimate of drug-likeness (QED) is 0.446. The van der Waals surface area contributed by atoms with Crippen LogP contribution in [0.2, 0.25) is 0 Å². The van der Waals surface area contributed by atoms with E-state index in [0.29, 0.717) is 5.56 Å². The predicted octanol–water partition coefficient (Wildman–Crippen LogP) is 4.42. The van der Waals surface area contributed by atoms with Gasteiger partial charge in [0.25, 0.3) is 11.6 Å². The Kier molecular flexibility index (Phi) is 3.54. The minimum atomic E-state index is -0.486. The van der Waals surface area contributed by atoms with Crippen LogP contribution < -0.4 is 5.32 Å². The maximum Gasteiger partial charge on any atom is 0.269 e. The van der Waals surface area contributed by atoms with Crippen LogP contribution in [-0.2, 0) is 6.42 Å². The molecule has 5 heteroatoms. The first-order chi connectivity index (χ1) is 12.1. The van der Waals surface area contributed by atoms with Crippen molar-refractivity contribution in [3.05, 3.63) is 93.5 Å². The highest BCUT2D eigenvalue weighted by Crippen LogP contribution is 2.37. The first kappa shape index (κ1) is 15.1. The fraction of sp³-hybridized carbons (Fsp3) is 0.0500. The molecule has 0 saturated heterocycles. The molecule has 3 aromatic rings. The summed E-state index contributed by atoms with van der Waals surface area (Å²) in [6.07, 6.45) is 0.854. The minimum absolute atomic E-state index is 0.0353. The molecule has 0 bridgehead atoms. The second-order valence-corrected chi connectivity index (χ2v) is 5.96. The van der Waals surface area contributed by atoms with Gasteiger partial charge < -0.3 is 5.32 Å². The molecule has 0 saturated carbocycles. The lowest BCUT2D eigenvalue weighted by Crippen LogP contribution is -2.12. The van der Waals surface area contributed by atoms with Gasteiger partial charge in [0.05, 0.1) is 4.92 Å². The molecule has 5 nitrogen and oxygen atoms in total. The van der Waals surface area contributed by atoms with Gasteiger partial charge in [-0.15, -0.1) is 0 Å². The zero-order chi connectivity index (χ0) is 17.4. The van der Waals surface area contributed by atoms with Crippen LogP contribution in [0.25, 0.3) is 11.1 Å². The molecule has 0 fully saturated rings. The third kappa shape index (κ3) is 2.76. The van der Waals surface area contributed by atoms with Crippen molar-refractivity contribution in [3.63, 3.8) is 0 Å². The number of nitro benzene ring substituents is 1. The summed E-state index contributed by atoms with van der Waals surface area (Å²) >= 11 is 0. The van der Waals surface area contributed by atoms with E-state index in [1.165, 1.54) is 46.5 Å². The highest BCUT2D eigenvalue weighted by molar-refractivity contribution is 6.04. The van der Waals surface area contributed by atoms with Crippen LogP contribution in [0.15, 0.2) is 66.7 Å². The molecular weight excluding hydrogens is 316 g/mol. The third-order valence-electron chi connectivity index (χ3n) is 4.39. The number of carbonyl (C=O) groups excluding carboxylic acids is 1.